The maximum Gasteiger partial charge on any atom is 0.322 e. The normalized spacial score (nSPS) is 16.0. The Morgan fingerprint density at radius 3 is 2.50 bits per heavy atom. The molecule has 0 radical (unpaired) electrons. The van der Waals surface area contributed by atoms with Crippen molar-refractivity contribution in [2.45, 2.75) is 11.1 Å². The van der Waals surface area contributed by atoms with E-state index in [2.05, 4.69) is 5.10 Å². The highest BCUT2D eigenvalue weighted by molar-refractivity contribution is 7.91. The predicted molar refractivity (Wildman–Crippen MR) is 93.6 cm³/mol. The third kappa shape index (κ3) is 3.10. The summed E-state index contributed by atoms with van der Waals surface area (Å²) in [5.41, 5.74) is -0.243. The van der Waals surface area contributed by atoms with Gasteiger partial charge in [0, 0.05) is 33.2 Å². The standard InChI is InChI=1S/C14H17N5O5S2/c1-10-12(19(21)22)13(16(2)15-10)14(20)17-5-7-18(8-6-17)26(23,24)11-4-3-9-25-11/h3-4,9H,5-8H2,1-2H3. The molecular formula is C14H17N5O5S2. The lowest BCUT2D eigenvalue weighted by Crippen LogP contribution is -2.50. The molecule has 0 N–H and O–H groups in total. The number of hydrogen-bond donors (Lipinski definition) is 0. The summed E-state index contributed by atoms with van der Waals surface area (Å²) in [5, 5.41) is 16.9. The number of amides is 1. The second kappa shape index (κ2) is 6.78. The molecule has 1 fully saturated rings. The first-order valence-electron chi connectivity index (χ1n) is 7.74. The monoisotopic (exact) mass is 399 g/mol. The minimum Gasteiger partial charge on any atom is -0.334 e. The lowest BCUT2D eigenvalue weighted by molar-refractivity contribution is -0.385. The van der Waals surface area contributed by atoms with Gasteiger partial charge >= 0.3 is 5.69 Å². The van der Waals surface area contributed by atoms with Crippen molar-refractivity contribution in [2.75, 3.05) is 26.2 Å². The Labute approximate surface area is 153 Å². The van der Waals surface area contributed by atoms with Crippen LogP contribution in [-0.4, -0.2) is 64.4 Å². The van der Waals surface area contributed by atoms with Crippen molar-refractivity contribution >= 4 is 33.0 Å². The quantitative estimate of drug-likeness (QED) is 0.555. The smallest absolute Gasteiger partial charge is 0.322 e. The topological polar surface area (TPSA) is 119 Å². The Kier molecular flexibility index (Phi) is 4.82. The molecule has 0 bridgehead atoms. The van der Waals surface area contributed by atoms with E-state index < -0.39 is 20.9 Å². The average Bonchev–Trinajstić information content (AvgIpc) is 3.22. The van der Waals surface area contributed by atoms with E-state index in [1.807, 2.05) is 0 Å². The zero-order valence-electron chi connectivity index (χ0n) is 14.2. The number of thiophene rings is 1. The van der Waals surface area contributed by atoms with Crippen LogP contribution in [0.15, 0.2) is 21.7 Å². The number of carbonyl (C=O) groups is 1. The minimum absolute atomic E-state index is 0.0953. The minimum atomic E-state index is -3.57. The fourth-order valence-electron chi connectivity index (χ4n) is 2.92. The highest BCUT2D eigenvalue weighted by atomic mass is 32.2. The molecule has 0 unspecified atom stereocenters. The number of nitrogens with zero attached hydrogens (tertiary/aromatic N) is 5. The van der Waals surface area contributed by atoms with Crippen molar-refractivity contribution in [1.29, 1.82) is 0 Å². The number of aromatic nitrogens is 2. The Bertz CT molecular complexity index is 943. The molecule has 2 aromatic heterocycles. The van der Waals surface area contributed by atoms with Gasteiger partial charge in [0.15, 0.2) is 0 Å². The van der Waals surface area contributed by atoms with Crippen molar-refractivity contribution < 1.29 is 18.1 Å². The molecule has 3 heterocycles. The number of hydrogen-bond acceptors (Lipinski definition) is 7. The predicted octanol–water partition coefficient (Wildman–Crippen LogP) is 0.845. The van der Waals surface area contributed by atoms with Crippen LogP contribution in [0.4, 0.5) is 5.69 Å². The Balaban J connectivity index is 1.77. The number of carbonyl (C=O) groups excluding carboxylic acids is 1. The molecule has 10 nitrogen and oxygen atoms in total. The van der Waals surface area contributed by atoms with Gasteiger partial charge in [0.25, 0.3) is 15.9 Å². The van der Waals surface area contributed by atoms with Crippen molar-refractivity contribution in [1.82, 2.24) is 19.0 Å². The molecule has 12 heteroatoms. The van der Waals surface area contributed by atoms with E-state index in [0.717, 1.165) is 11.3 Å². The summed E-state index contributed by atoms with van der Waals surface area (Å²) >= 11 is 1.14. The first-order valence-corrected chi connectivity index (χ1v) is 10.1. The molecule has 1 saturated heterocycles. The van der Waals surface area contributed by atoms with Crippen LogP contribution in [0.3, 0.4) is 0 Å². The molecular weight excluding hydrogens is 382 g/mol. The summed E-state index contributed by atoms with van der Waals surface area (Å²) < 4.78 is 27.8. The summed E-state index contributed by atoms with van der Waals surface area (Å²) in [6, 6.07) is 3.21. The van der Waals surface area contributed by atoms with Crippen molar-refractivity contribution in [3.63, 3.8) is 0 Å². The zero-order chi connectivity index (χ0) is 19.1. The van der Waals surface area contributed by atoms with Crippen LogP contribution in [0.1, 0.15) is 16.2 Å². The molecule has 0 saturated carbocycles. The maximum absolute atomic E-state index is 12.7. The lowest BCUT2D eigenvalue weighted by atomic mass is 10.2. The first kappa shape index (κ1) is 18.5. The van der Waals surface area contributed by atoms with E-state index in [4.69, 9.17) is 0 Å². The molecule has 0 aliphatic carbocycles. The van der Waals surface area contributed by atoms with Gasteiger partial charge in [-0.1, -0.05) is 6.07 Å². The molecule has 1 amide bonds. The second-order valence-corrected chi connectivity index (χ2v) is 8.90. The molecule has 0 spiro atoms. The van der Waals surface area contributed by atoms with E-state index in [-0.39, 0.29) is 47.5 Å². The molecule has 2 aromatic rings. The average molecular weight is 399 g/mol. The molecule has 3 rings (SSSR count). The highest BCUT2D eigenvalue weighted by Crippen LogP contribution is 2.26. The van der Waals surface area contributed by atoms with Gasteiger partial charge in [-0.25, -0.2) is 8.42 Å². The molecule has 140 valence electrons. The van der Waals surface area contributed by atoms with Crippen molar-refractivity contribution in [2.24, 2.45) is 7.05 Å². The molecule has 1 aliphatic heterocycles. The van der Waals surface area contributed by atoms with E-state index in [1.54, 1.807) is 17.5 Å². The van der Waals surface area contributed by atoms with Gasteiger partial charge in [0.05, 0.1) is 4.92 Å². The molecule has 0 aromatic carbocycles. The van der Waals surface area contributed by atoms with Crippen molar-refractivity contribution in [3.8, 4) is 0 Å². The fraction of sp³-hybridized carbons (Fsp3) is 0.429. The maximum atomic E-state index is 12.7. The Morgan fingerprint density at radius 1 is 1.31 bits per heavy atom. The largest absolute Gasteiger partial charge is 0.334 e. The zero-order valence-corrected chi connectivity index (χ0v) is 15.8. The van der Waals surface area contributed by atoms with E-state index in [9.17, 15) is 23.3 Å². The van der Waals surface area contributed by atoms with Crippen LogP contribution in [0.25, 0.3) is 0 Å². The summed E-state index contributed by atoms with van der Waals surface area (Å²) in [5.74, 6) is -0.520. The number of nitro groups is 1. The summed E-state index contributed by atoms with van der Waals surface area (Å²) in [7, 11) is -2.09. The third-order valence-electron chi connectivity index (χ3n) is 4.19. The van der Waals surface area contributed by atoms with Gasteiger partial charge in [-0.05, 0) is 18.4 Å². The molecule has 0 atom stereocenters. The van der Waals surface area contributed by atoms with Gasteiger partial charge in [-0.15, -0.1) is 11.3 Å². The van der Waals surface area contributed by atoms with Gasteiger partial charge < -0.3 is 4.90 Å². The number of aryl methyl sites for hydroxylation is 2. The van der Waals surface area contributed by atoms with E-state index in [1.165, 1.54) is 27.9 Å². The van der Waals surface area contributed by atoms with Crippen LogP contribution in [-0.2, 0) is 17.1 Å². The highest BCUT2D eigenvalue weighted by Gasteiger charge is 2.35. The number of sulfonamides is 1. The summed E-state index contributed by atoms with van der Waals surface area (Å²) in [4.78, 5) is 24.8. The van der Waals surface area contributed by atoms with Crippen LogP contribution >= 0.6 is 11.3 Å². The SMILES string of the molecule is Cc1nn(C)c(C(=O)N2CCN(S(=O)(=O)c3cccs3)CC2)c1[N+](=O)[O-]. The first-order chi connectivity index (χ1) is 12.2. The summed E-state index contributed by atoms with van der Waals surface area (Å²) in [6.45, 7) is 2.06. The van der Waals surface area contributed by atoms with Gasteiger partial charge in [-0.2, -0.15) is 9.40 Å². The fourth-order valence-corrected chi connectivity index (χ4v) is 5.49. The van der Waals surface area contributed by atoms with Crippen molar-refractivity contribution in [3.05, 3.63) is 39.0 Å². The van der Waals surface area contributed by atoms with Crippen LogP contribution in [0, 0.1) is 17.0 Å². The van der Waals surface area contributed by atoms with Crippen LogP contribution in [0.2, 0.25) is 0 Å². The van der Waals surface area contributed by atoms with E-state index >= 15 is 0 Å². The Hall–Kier alpha value is -2.31. The number of rotatable bonds is 4. The van der Waals surface area contributed by atoms with Gasteiger partial charge in [0.1, 0.15) is 9.90 Å². The molecule has 1 aliphatic rings. The van der Waals surface area contributed by atoms with Crippen LogP contribution < -0.4 is 0 Å². The van der Waals surface area contributed by atoms with Gasteiger partial charge in [0.2, 0.25) is 5.69 Å². The van der Waals surface area contributed by atoms with Crippen LogP contribution in [0.5, 0.6) is 0 Å². The second-order valence-electron chi connectivity index (χ2n) is 5.79. The third-order valence-corrected chi connectivity index (χ3v) is 7.46. The number of piperazine rings is 1. The van der Waals surface area contributed by atoms with Gasteiger partial charge in [-0.3, -0.25) is 19.6 Å². The Morgan fingerprint density at radius 2 is 1.96 bits per heavy atom. The molecule has 26 heavy (non-hydrogen) atoms. The lowest BCUT2D eigenvalue weighted by Gasteiger charge is -2.33. The summed E-state index contributed by atoms with van der Waals surface area (Å²) in [6.07, 6.45) is 0. The van der Waals surface area contributed by atoms with E-state index in [0.29, 0.717) is 0 Å².